The van der Waals surface area contributed by atoms with Crippen LogP contribution in [0.5, 0.6) is 5.88 Å². The maximum atomic E-state index is 13.5. The fourth-order valence-electron chi connectivity index (χ4n) is 2.91. The highest BCUT2D eigenvalue weighted by Gasteiger charge is 2.19. The van der Waals surface area contributed by atoms with Crippen molar-refractivity contribution in [2.45, 2.75) is 19.9 Å². The Hall–Kier alpha value is -2.58. The lowest BCUT2D eigenvalue weighted by molar-refractivity contribution is 0.0330. The number of halogens is 1. The second-order valence-electron chi connectivity index (χ2n) is 6.37. The molecule has 3 aromatic rings. The van der Waals surface area contributed by atoms with Crippen LogP contribution in [0.3, 0.4) is 0 Å². The van der Waals surface area contributed by atoms with Gasteiger partial charge in [-0.15, -0.1) is 0 Å². The van der Waals surface area contributed by atoms with Crippen molar-refractivity contribution in [3.05, 3.63) is 35.9 Å². The Labute approximate surface area is 156 Å². The second kappa shape index (κ2) is 7.98. The fourth-order valence-corrected chi connectivity index (χ4v) is 2.91. The molecule has 142 valence electrons. The van der Waals surface area contributed by atoms with E-state index in [1.165, 1.54) is 12.1 Å². The molecule has 7 nitrogen and oxygen atoms in total. The number of hydrogen-bond donors (Lipinski definition) is 0. The highest BCUT2D eigenvalue weighted by atomic mass is 19.1. The van der Waals surface area contributed by atoms with E-state index in [1.54, 1.807) is 12.1 Å². The van der Waals surface area contributed by atoms with Crippen molar-refractivity contribution >= 4 is 11.2 Å². The maximum Gasteiger partial charge on any atom is 0.254 e. The first-order chi connectivity index (χ1) is 13.2. The molecule has 2 aromatic heterocycles. The number of rotatable bonds is 6. The van der Waals surface area contributed by atoms with Gasteiger partial charge in [-0.1, -0.05) is 13.0 Å². The van der Waals surface area contributed by atoms with Crippen LogP contribution in [0.25, 0.3) is 22.7 Å². The lowest BCUT2D eigenvalue weighted by Crippen LogP contribution is -2.36. The Morgan fingerprint density at radius 2 is 2.04 bits per heavy atom. The van der Waals surface area contributed by atoms with E-state index in [4.69, 9.17) is 13.9 Å². The summed E-state index contributed by atoms with van der Waals surface area (Å²) in [5, 5.41) is 0. The van der Waals surface area contributed by atoms with Crippen LogP contribution in [-0.2, 0) is 11.3 Å². The predicted molar refractivity (Wildman–Crippen MR) is 96.9 cm³/mol. The van der Waals surface area contributed by atoms with Gasteiger partial charge in [-0.25, -0.2) is 9.37 Å². The van der Waals surface area contributed by atoms with Crippen molar-refractivity contribution < 1.29 is 18.3 Å². The number of aromatic nitrogens is 3. The number of hydrogen-bond acceptors (Lipinski definition) is 7. The SMILES string of the molecule is CCCOc1nc(CN2CCOCC2)nc2oc(-c3cccc(F)c3)nc12. The minimum atomic E-state index is -0.351. The summed E-state index contributed by atoms with van der Waals surface area (Å²) in [5.74, 6) is 0.953. The van der Waals surface area contributed by atoms with E-state index in [1.807, 2.05) is 6.92 Å². The molecule has 0 radical (unpaired) electrons. The molecule has 1 aliphatic rings. The van der Waals surface area contributed by atoms with Crippen LogP contribution in [0, 0.1) is 5.82 Å². The van der Waals surface area contributed by atoms with E-state index < -0.39 is 0 Å². The summed E-state index contributed by atoms with van der Waals surface area (Å²) < 4.78 is 30.5. The molecule has 8 heteroatoms. The van der Waals surface area contributed by atoms with E-state index in [2.05, 4.69) is 19.9 Å². The van der Waals surface area contributed by atoms with Crippen LogP contribution in [0.2, 0.25) is 0 Å². The fraction of sp³-hybridized carbons (Fsp3) is 0.421. The summed E-state index contributed by atoms with van der Waals surface area (Å²) in [7, 11) is 0. The molecule has 0 spiro atoms. The lowest BCUT2D eigenvalue weighted by Gasteiger charge is -2.25. The molecule has 0 aliphatic carbocycles. The van der Waals surface area contributed by atoms with E-state index in [0.29, 0.717) is 60.8 Å². The number of benzene rings is 1. The largest absolute Gasteiger partial charge is 0.476 e. The second-order valence-corrected chi connectivity index (χ2v) is 6.37. The quantitative estimate of drug-likeness (QED) is 0.658. The predicted octanol–water partition coefficient (Wildman–Crippen LogP) is 3.04. The zero-order chi connectivity index (χ0) is 18.6. The van der Waals surface area contributed by atoms with Gasteiger partial charge in [-0.05, 0) is 24.6 Å². The molecule has 1 saturated heterocycles. The first kappa shape index (κ1) is 17.8. The highest BCUT2D eigenvalue weighted by molar-refractivity contribution is 5.77. The van der Waals surface area contributed by atoms with Gasteiger partial charge in [0.2, 0.25) is 11.8 Å². The standard InChI is InChI=1S/C19H21FN4O3/c1-2-8-26-18-16-19(22-15(21-18)12-24-6-9-25-10-7-24)27-17(23-16)13-4-3-5-14(20)11-13/h3-5,11H,2,6-10,12H2,1H3. The van der Waals surface area contributed by atoms with Crippen LogP contribution >= 0.6 is 0 Å². The summed E-state index contributed by atoms with van der Waals surface area (Å²) in [6, 6.07) is 6.10. The molecular formula is C19H21FN4O3. The molecule has 3 heterocycles. The Kier molecular flexibility index (Phi) is 5.26. The van der Waals surface area contributed by atoms with Crippen molar-refractivity contribution in [3.8, 4) is 17.3 Å². The molecule has 0 unspecified atom stereocenters. The molecular weight excluding hydrogens is 351 g/mol. The first-order valence-corrected chi connectivity index (χ1v) is 9.09. The molecule has 0 atom stereocenters. The third-order valence-corrected chi connectivity index (χ3v) is 4.26. The van der Waals surface area contributed by atoms with Gasteiger partial charge in [0, 0.05) is 18.7 Å². The van der Waals surface area contributed by atoms with Crippen LogP contribution in [0.4, 0.5) is 4.39 Å². The van der Waals surface area contributed by atoms with E-state index in [9.17, 15) is 4.39 Å². The Morgan fingerprint density at radius 3 is 2.81 bits per heavy atom. The summed E-state index contributed by atoms with van der Waals surface area (Å²) in [4.78, 5) is 15.7. The molecule has 27 heavy (non-hydrogen) atoms. The van der Waals surface area contributed by atoms with Gasteiger partial charge in [0.25, 0.3) is 5.71 Å². The molecule has 1 aromatic carbocycles. The first-order valence-electron chi connectivity index (χ1n) is 9.09. The molecule has 0 saturated carbocycles. The van der Waals surface area contributed by atoms with Crippen molar-refractivity contribution in [1.29, 1.82) is 0 Å². The minimum Gasteiger partial charge on any atom is -0.476 e. The number of oxazole rings is 1. The van der Waals surface area contributed by atoms with Crippen LogP contribution in [0.1, 0.15) is 19.2 Å². The summed E-state index contributed by atoms with van der Waals surface area (Å²) >= 11 is 0. The minimum absolute atomic E-state index is 0.295. The number of ether oxygens (including phenoxy) is 2. The Morgan fingerprint density at radius 1 is 1.19 bits per heavy atom. The Balaban J connectivity index is 1.70. The summed E-state index contributed by atoms with van der Waals surface area (Å²) in [5.41, 5.74) is 1.34. The van der Waals surface area contributed by atoms with Crippen molar-refractivity contribution in [2.75, 3.05) is 32.9 Å². The average Bonchev–Trinajstić information content (AvgIpc) is 3.11. The van der Waals surface area contributed by atoms with Crippen LogP contribution < -0.4 is 4.74 Å². The number of morpholine rings is 1. The maximum absolute atomic E-state index is 13.5. The van der Waals surface area contributed by atoms with Gasteiger partial charge in [-0.3, -0.25) is 4.90 Å². The van der Waals surface area contributed by atoms with E-state index in [0.717, 1.165) is 19.5 Å². The van der Waals surface area contributed by atoms with Crippen LogP contribution in [0.15, 0.2) is 28.7 Å². The molecule has 1 aliphatic heterocycles. The van der Waals surface area contributed by atoms with Crippen LogP contribution in [-0.4, -0.2) is 52.8 Å². The van der Waals surface area contributed by atoms with E-state index >= 15 is 0 Å². The third-order valence-electron chi connectivity index (χ3n) is 4.26. The Bertz CT molecular complexity index is 924. The van der Waals surface area contributed by atoms with Gasteiger partial charge >= 0.3 is 0 Å². The molecule has 0 bridgehead atoms. The van der Waals surface area contributed by atoms with Gasteiger partial charge in [0.1, 0.15) is 5.82 Å². The van der Waals surface area contributed by atoms with Gasteiger partial charge < -0.3 is 13.9 Å². The summed E-state index contributed by atoms with van der Waals surface area (Å²) in [6.45, 7) is 6.19. The zero-order valence-corrected chi connectivity index (χ0v) is 15.2. The molecule has 0 N–H and O–H groups in total. The topological polar surface area (TPSA) is 73.5 Å². The third kappa shape index (κ3) is 4.06. The van der Waals surface area contributed by atoms with Crippen molar-refractivity contribution in [1.82, 2.24) is 19.9 Å². The van der Waals surface area contributed by atoms with Gasteiger partial charge in [0.05, 0.1) is 26.4 Å². The molecule has 1 fully saturated rings. The molecule has 0 amide bonds. The normalized spacial score (nSPS) is 15.3. The zero-order valence-electron chi connectivity index (χ0n) is 15.2. The summed E-state index contributed by atoms with van der Waals surface area (Å²) in [6.07, 6.45) is 0.846. The molecule has 4 rings (SSSR count). The highest BCUT2D eigenvalue weighted by Crippen LogP contribution is 2.28. The lowest BCUT2D eigenvalue weighted by atomic mass is 10.2. The smallest absolute Gasteiger partial charge is 0.254 e. The van der Waals surface area contributed by atoms with E-state index in [-0.39, 0.29) is 5.82 Å². The van der Waals surface area contributed by atoms with Crippen molar-refractivity contribution in [3.63, 3.8) is 0 Å². The van der Waals surface area contributed by atoms with Crippen molar-refractivity contribution in [2.24, 2.45) is 0 Å². The monoisotopic (exact) mass is 372 g/mol. The van der Waals surface area contributed by atoms with Gasteiger partial charge in [-0.2, -0.15) is 9.97 Å². The average molecular weight is 372 g/mol. The van der Waals surface area contributed by atoms with Gasteiger partial charge in [0.15, 0.2) is 11.3 Å². The number of nitrogens with zero attached hydrogens (tertiary/aromatic N) is 4. The number of fused-ring (bicyclic) bond motifs is 1.